The first-order chi connectivity index (χ1) is 19.3. The lowest BCUT2D eigenvalue weighted by Crippen LogP contribution is -2.31. The zero-order valence-electron chi connectivity index (χ0n) is 23.8. The number of hydrogen-bond acceptors (Lipinski definition) is 2. The maximum absolute atomic E-state index is 6.10. The standard InChI is InChI=1S/C37H44O2/c1-3-5-7-15-29-38-35-25-21-33(22-26-35)37(31-17-11-9-12-18-31,32-19-13-10-14-20-32)34-23-27-36(28-24-34)39-30-16-8-6-4-2/h9-14,17-28H,3-8,15-16,29-30H2,1-2H3. The van der Waals surface area contributed by atoms with Crippen LogP contribution in [-0.2, 0) is 5.41 Å². The van der Waals surface area contributed by atoms with E-state index in [1.165, 1.54) is 60.8 Å². The Kier molecular flexibility index (Phi) is 11.1. The zero-order chi connectivity index (χ0) is 27.2. The molecule has 204 valence electrons. The van der Waals surface area contributed by atoms with E-state index in [0.29, 0.717) is 0 Å². The van der Waals surface area contributed by atoms with Crippen LogP contribution in [0.2, 0.25) is 0 Å². The molecule has 39 heavy (non-hydrogen) atoms. The quantitative estimate of drug-likeness (QED) is 0.108. The van der Waals surface area contributed by atoms with Crippen molar-refractivity contribution in [2.45, 2.75) is 70.6 Å². The van der Waals surface area contributed by atoms with E-state index in [0.717, 1.165) is 37.6 Å². The van der Waals surface area contributed by atoms with Gasteiger partial charge in [0.05, 0.1) is 18.6 Å². The van der Waals surface area contributed by atoms with Gasteiger partial charge in [-0.1, -0.05) is 137 Å². The Morgan fingerprint density at radius 3 is 1.13 bits per heavy atom. The molecule has 0 amide bonds. The minimum atomic E-state index is -0.470. The molecule has 0 saturated heterocycles. The lowest BCUT2D eigenvalue weighted by Gasteiger charge is -2.37. The molecule has 0 aliphatic heterocycles. The van der Waals surface area contributed by atoms with Crippen LogP contribution in [0.1, 0.15) is 87.5 Å². The third-order valence-corrected chi connectivity index (χ3v) is 7.52. The highest BCUT2D eigenvalue weighted by atomic mass is 16.5. The van der Waals surface area contributed by atoms with Crippen molar-refractivity contribution in [3.8, 4) is 11.5 Å². The van der Waals surface area contributed by atoms with Crippen LogP contribution in [0.4, 0.5) is 0 Å². The van der Waals surface area contributed by atoms with E-state index in [2.05, 4.69) is 123 Å². The van der Waals surface area contributed by atoms with Crippen LogP contribution in [0.3, 0.4) is 0 Å². The minimum absolute atomic E-state index is 0.470. The Morgan fingerprint density at radius 1 is 0.410 bits per heavy atom. The monoisotopic (exact) mass is 520 g/mol. The van der Waals surface area contributed by atoms with E-state index in [4.69, 9.17) is 9.47 Å². The molecule has 0 fully saturated rings. The van der Waals surface area contributed by atoms with Crippen LogP contribution in [-0.4, -0.2) is 13.2 Å². The van der Waals surface area contributed by atoms with E-state index in [1.54, 1.807) is 0 Å². The number of benzene rings is 4. The third-order valence-electron chi connectivity index (χ3n) is 7.52. The molecule has 4 aromatic rings. The highest BCUT2D eigenvalue weighted by Gasteiger charge is 2.38. The fourth-order valence-electron chi connectivity index (χ4n) is 5.42. The largest absolute Gasteiger partial charge is 0.494 e. The second-order valence-electron chi connectivity index (χ2n) is 10.3. The third kappa shape index (κ3) is 7.32. The van der Waals surface area contributed by atoms with Crippen LogP contribution in [0.15, 0.2) is 109 Å². The Morgan fingerprint density at radius 2 is 0.769 bits per heavy atom. The second-order valence-corrected chi connectivity index (χ2v) is 10.3. The Labute approximate surface area is 236 Å². The van der Waals surface area contributed by atoms with Gasteiger partial charge in [0.2, 0.25) is 0 Å². The Balaban J connectivity index is 1.69. The van der Waals surface area contributed by atoms with Gasteiger partial charge >= 0.3 is 0 Å². The number of hydrogen-bond donors (Lipinski definition) is 0. The first kappa shape index (κ1) is 28.5. The molecule has 2 heteroatoms. The van der Waals surface area contributed by atoms with Crippen LogP contribution in [0, 0.1) is 0 Å². The van der Waals surface area contributed by atoms with Gasteiger partial charge in [-0.3, -0.25) is 0 Å². The molecule has 0 spiro atoms. The maximum Gasteiger partial charge on any atom is 0.119 e. The van der Waals surface area contributed by atoms with Crippen molar-refractivity contribution in [1.29, 1.82) is 0 Å². The predicted octanol–water partition coefficient (Wildman–Crippen LogP) is 9.99. The van der Waals surface area contributed by atoms with Gasteiger partial charge in [0.15, 0.2) is 0 Å². The maximum atomic E-state index is 6.10. The molecule has 0 radical (unpaired) electrons. The van der Waals surface area contributed by atoms with E-state index < -0.39 is 5.41 Å². The lowest BCUT2D eigenvalue weighted by molar-refractivity contribution is 0.305. The molecule has 4 aromatic carbocycles. The molecule has 0 aliphatic carbocycles. The van der Waals surface area contributed by atoms with E-state index in [9.17, 15) is 0 Å². The van der Waals surface area contributed by atoms with Crippen LogP contribution >= 0.6 is 0 Å². The first-order valence-electron chi connectivity index (χ1n) is 14.9. The molecule has 0 heterocycles. The smallest absolute Gasteiger partial charge is 0.119 e. The van der Waals surface area contributed by atoms with Crippen molar-refractivity contribution in [3.05, 3.63) is 131 Å². The number of unbranched alkanes of at least 4 members (excludes halogenated alkanes) is 6. The van der Waals surface area contributed by atoms with E-state index >= 15 is 0 Å². The highest BCUT2D eigenvalue weighted by Crippen LogP contribution is 2.45. The summed E-state index contributed by atoms with van der Waals surface area (Å²) in [6, 6.07) is 39.1. The zero-order valence-corrected chi connectivity index (χ0v) is 23.8. The number of rotatable bonds is 16. The van der Waals surface area contributed by atoms with Crippen molar-refractivity contribution in [3.63, 3.8) is 0 Å². The lowest BCUT2D eigenvalue weighted by atomic mass is 9.65. The van der Waals surface area contributed by atoms with Crippen molar-refractivity contribution in [2.24, 2.45) is 0 Å². The van der Waals surface area contributed by atoms with Crippen molar-refractivity contribution in [2.75, 3.05) is 13.2 Å². The average molecular weight is 521 g/mol. The molecule has 0 aromatic heterocycles. The van der Waals surface area contributed by atoms with Gasteiger partial charge in [-0.05, 0) is 59.4 Å². The van der Waals surface area contributed by atoms with Crippen LogP contribution in [0.5, 0.6) is 11.5 Å². The molecule has 0 aliphatic rings. The predicted molar refractivity (Wildman–Crippen MR) is 164 cm³/mol. The van der Waals surface area contributed by atoms with Crippen molar-refractivity contribution in [1.82, 2.24) is 0 Å². The van der Waals surface area contributed by atoms with Crippen LogP contribution in [0.25, 0.3) is 0 Å². The summed E-state index contributed by atoms with van der Waals surface area (Å²) >= 11 is 0. The summed E-state index contributed by atoms with van der Waals surface area (Å²) in [5.41, 5.74) is 4.43. The highest BCUT2D eigenvalue weighted by molar-refractivity contribution is 5.60. The van der Waals surface area contributed by atoms with Gasteiger partial charge in [0.1, 0.15) is 11.5 Å². The Hall–Kier alpha value is -3.52. The molecule has 0 N–H and O–H groups in total. The average Bonchev–Trinajstić information content (AvgIpc) is 3.00. The summed E-state index contributed by atoms with van der Waals surface area (Å²) in [7, 11) is 0. The van der Waals surface area contributed by atoms with Gasteiger partial charge in [-0.2, -0.15) is 0 Å². The normalized spacial score (nSPS) is 11.3. The molecule has 0 bridgehead atoms. The van der Waals surface area contributed by atoms with Crippen molar-refractivity contribution >= 4 is 0 Å². The molecular weight excluding hydrogens is 476 g/mol. The minimum Gasteiger partial charge on any atom is -0.494 e. The summed E-state index contributed by atoms with van der Waals surface area (Å²) < 4.78 is 12.2. The molecule has 2 nitrogen and oxygen atoms in total. The molecule has 0 unspecified atom stereocenters. The molecule has 4 rings (SSSR count). The molecule has 0 atom stereocenters. The molecular formula is C37H44O2. The Bertz CT molecular complexity index is 1100. The number of ether oxygens (including phenoxy) is 2. The van der Waals surface area contributed by atoms with Gasteiger partial charge in [-0.25, -0.2) is 0 Å². The van der Waals surface area contributed by atoms with Crippen molar-refractivity contribution < 1.29 is 9.47 Å². The molecule has 0 saturated carbocycles. The summed E-state index contributed by atoms with van der Waals surface area (Å²) in [6.45, 7) is 6.00. The summed E-state index contributed by atoms with van der Waals surface area (Å²) in [5, 5.41) is 0. The van der Waals surface area contributed by atoms with Gasteiger partial charge in [0.25, 0.3) is 0 Å². The van der Waals surface area contributed by atoms with Gasteiger partial charge in [0, 0.05) is 0 Å². The first-order valence-corrected chi connectivity index (χ1v) is 14.9. The van der Waals surface area contributed by atoms with Gasteiger partial charge in [-0.15, -0.1) is 0 Å². The second kappa shape index (κ2) is 15.2. The van der Waals surface area contributed by atoms with E-state index in [1.807, 2.05) is 0 Å². The summed E-state index contributed by atoms with van der Waals surface area (Å²) in [4.78, 5) is 0. The topological polar surface area (TPSA) is 18.5 Å². The van der Waals surface area contributed by atoms with Gasteiger partial charge < -0.3 is 9.47 Å². The fourth-order valence-corrected chi connectivity index (χ4v) is 5.42. The van der Waals surface area contributed by atoms with E-state index in [-0.39, 0.29) is 0 Å². The SMILES string of the molecule is CCCCCCOc1ccc(C(c2ccccc2)(c2ccccc2)c2ccc(OCCCCCC)cc2)cc1. The fraction of sp³-hybridized carbons (Fsp3) is 0.351. The summed E-state index contributed by atoms with van der Waals surface area (Å²) in [6.07, 6.45) is 9.64. The van der Waals surface area contributed by atoms with Crippen LogP contribution < -0.4 is 9.47 Å². The summed E-state index contributed by atoms with van der Waals surface area (Å²) in [5.74, 6) is 1.86.